The van der Waals surface area contributed by atoms with E-state index < -0.39 is 0 Å². The van der Waals surface area contributed by atoms with E-state index in [-0.39, 0.29) is 11.6 Å². The van der Waals surface area contributed by atoms with Crippen LogP contribution in [0, 0.1) is 5.82 Å². The number of benzene rings is 1. The first-order valence-electron chi connectivity index (χ1n) is 6.54. The molecule has 0 aliphatic heterocycles. The van der Waals surface area contributed by atoms with Gasteiger partial charge in [-0.1, -0.05) is 6.07 Å². The second-order valence-electron chi connectivity index (χ2n) is 4.08. The van der Waals surface area contributed by atoms with Crippen molar-refractivity contribution < 1.29 is 13.9 Å². The summed E-state index contributed by atoms with van der Waals surface area (Å²) in [5.41, 5.74) is 0.784. The van der Waals surface area contributed by atoms with Gasteiger partial charge in [-0.15, -0.1) is 0 Å². The molecule has 20 heavy (non-hydrogen) atoms. The van der Waals surface area contributed by atoms with Crippen LogP contribution in [0.3, 0.4) is 0 Å². The van der Waals surface area contributed by atoms with E-state index in [9.17, 15) is 4.39 Å². The number of hydrogen-bond acceptors (Lipinski definition) is 3. The first kappa shape index (κ1) is 16.2. The molecule has 0 saturated carbocycles. The summed E-state index contributed by atoms with van der Waals surface area (Å²) in [6.07, 6.45) is 0. The molecule has 0 spiro atoms. The molecule has 0 bridgehead atoms. The molecule has 1 rings (SSSR count). The van der Waals surface area contributed by atoms with Crippen LogP contribution in [0.15, 0.2) is 23.2 Å². The standard InChI is InChI=1S/C14H22FN3O2/c1-4-16-14(17-7-8-19-2)18-10-11-5-6-13(20-3)12(15)9-11/h5-6,9H,4,7-8,10H2,1-3H3,(H2,16,17,18). The Morgan fingerprint density at radius 3 is 2.70 bits per heavy atom. The Hall–Kier alpha value is -1.82. The van der Waals surface area contributed by atoms with Gasteiger partial charge in [-0.05, 0) is 24.6 Å². The molecule has 0 aliphatic rings. The molecule has 112 valence electrons. The topological polar surface area (TPSA) is 54.9 Å². The van der Waals surface area contributed by atoms with Crippen molar-refractivity contribution in [3.8, 4) is 5.75 Å². The highest BCUT2D eigenvalue weighted by molar-refractivity contribution is 5.79. The van der Waals surface area contributed by atoms with Crippen LogP contribution in [0.25, 0.3) is 0 Å². The summed E-state index contributed by atoms with van der Waals surface area (Å²) in [5.74, 6) is 0.543. The third-order valence-corrected chi connectivity index (χ3v) is 2.58. The summed E-state index contributed by atoms with van der Waals surface area (Å²) in [7, 11) is 3.09. The molecular weight excluding hydrogens is 261 g/mol. The number of halogens is 1. The van der Waals surface area contributed by atoms with Gasteiger partial charge in [0, 0.05) is 20.2 Å². The van der Waals surface area contributed by atoms with E-state index in [1.165, 1.54) is 13.2 Å². The van der Waals surface area contributed by atoms with Crippen molar-refractivity contribution in [3.05, 3.63) is 29.6 Å². The van der Waals surface area contributed by atoms with Crippen molar-refractivity contribution in [3.63, 3.8) is 0 Å². The molecule has 0 radical (unpaired) electrons. The summed E-state index contributed by atoms with van der Waals surface area (Å²) in [4.78, 5) is 4.38. The van der Waals surface area contributed by atoms with Gasteiger partial charge in [0.15, 0.2) is 17.5 Å². The second kappa shape index (κ2) is 9.14. The zero-order valence-corrected chi connectivity index (χ0v) is 12.2. The van der Waals surface area contributed by atoms with Crippen LogP contribution in [0.1, 0.15) is 12.5 Å². The molecule has 0 saturated heterocycles. The second-order valence-corrected chi connectivity index (χ2v) is 4.08. The Labute approximate surface area is 119 Å². The molecule has 0 aliphatic carbocycles. The molecule has 6 heteroatoms. The van der Waals surface area contributed by atoms with Gasteiger partial charge >= 0.3 is 0 Å². The SMILES string of the molecule is CCNC(=NCc1ccc(OC)c(F)c1)NCCOC. The van der Waals surface area contributed by atoms with Gasteiger partial charge in [0.2, 0.25) is 0 Å². The average molecular weight is 283 g/mol. The number of rotatable bonds is 7. The number of ether oxygens (including phenoxy) is 2. The van der Waals surface area contributed by atoms with Crippen molar-refractivity contribution in [1.29, 1.82) is 0 Å². The molecule has 0 amide bonds. The first-order valence-corrected chi connectivity index (χ1v) is 6.54. The van der Waals surface area contributed by atoms with Crippen molar-refractivity contribution >= 4 is 5.96 Å². The van der Waals surface area contributed by atoms with E-state index >= 15 is 0 Å². The van der Waals surface area contributed by atoms with E-state index in [0.717, 1.165) is 12.1 Å². The highest BCUT2D eigenvalue weighted by atomic mass is 19.1. The maximum absolute atomic E-state index is 13.6. The molecule has 0 aromatic heterocycles. The minimum atomic E-state index is -0.377. The minimum Gasteiger partial charge on any atom is -0.494 e. The Balaban J connectivity index is 2.63. The van der Waals surface area contributed by atoms with Gasteiger partial charge in [0.1, 0.15) is 0 Å². The van der Waals surface area contributed by atoms with Gasteiger partial charge < -0.3 is 20.1 Å². The molecule has 1 aromatic carbocycles. The van der Waals surface area contributed by atoms with Crippen LogP contribution < -0.4 is 15.4 Å². The Morgan fingerprint density at radius 1 is 1.30 bits per heavy atom. The lowest BCUT2D eigenvalue weighted by Gasteiger charge is -2.11. The Bertz CT molecular complexity index is 438. The molecule has 0 heterocycles. The molecule has 5 nitrogen and oxygen atoms in total. The summed E-state index contributed by atoms with van der Waals surface area (Å²) >= 11 is 0. The van der Waals surface area contributed by atoms with Crippen LogP contribution in [-0.2, 0) is 11.3 Å². The lowest BCUT2D eigenvalue weighted by molar-refractivity contribution is 0.203. The average Bonchev–Trinajstić information content (AvgIpc) is 2.45. The summed E-state index contributed by atoms with van der Waals surface area (Å²) < 4.78 is 23.4. The predicted molar refractivity (Wildman–Crippen MR) is 77.6 cm³/mol. The van der Waals surface area contributed by atoms with Crippen LogP contribution in [0.2, 0.25) is 0 Å². The predicted octanol–water partition coefficient (Wildman–Crippen LogP) is 1.54. The molecule has 2 N–H and O–H groups in total. The van der Waals surface area contributed by atoms with E-state index in [2.05, 4.69) is 15.6 Å². The number of hydrogen-bond donors (Lipinski definition) is 2. The number of guanidine groups is 1. The summed E-state index contributed by atoms with van der Waals surface area (Å²) in [6, 6.07) is 4.83. The lowest BCUT2D eigenvalue weighted by atomic mass is 10.2. The molecule has 0 unspecified atom stereocenters. The van der Waals surface area contributed by atoms with Crippen LogP contribution >= 0.6 is 0 Å². The summed E-state index contributed by atoms with van der Waals surface area (Å²) in [6.45, 7) is 4.40. The van der Waals surface area contributed by atoms with Crippen molar-refractivity contribution in [1.82, 2.24) is 10.6 Å². The molecule has 1 aromatic rings. The maximum Gasteiger partial charge on any atom is 0.191 e. The minimum absolute atomic E-state index is 0.239. The van der Waals surface area contributed by atoms with Crippen LogP contribution in [0.4, 0.5) is 4.39 Å². The molecule has 0 fully saturated rings. The number of methoxy groups -OCH3 is 2. The largest absolute Gasteiger partial charge is 0.494 e. The first-order chi connectivity index (χ1) is 9.71. The van der Waals surface area contributed by atoms with Gasteiger partial charge in [-0.3, -0.25) is 0 Å². The fourth-order valence-corrected chi connectivity index (χ4v) is 1.59. The lowest BCUT2D eigenvalue weighted by Crippen LogP contribution is -2.38. The van der Waals surface area contributed by atoms with E-state index in [4.69, 9.17) is 9.47 Å². The highest BCUT2D eigenvalue weighted by Gasteiger charge is 2.03. The highest BCUT2D eigenvalue weighted by Crippen LogP contribution is 2.17. The van der Waals surface area contributed by atoms with Gasteiger partial charge in [-0.2, -0.15) is 0 Å². The quantitative estimate of drug-likeness (QED) is 0.453. The molecular formula is C14H22FN3O2. The number of nitrogens with one attached hydrogen (secondary N) is 2. The third kappa shape index (κ3) is 5.44. The van der Waals surface area contributed by atoms with Gasteiger partial charge in [0.25, 0.3) is 0 Å². The third-order valence-electron chi connectivity index (χ3n) is 2.58. The fraction of sp³-hybridized carbons (Fsp3) is 0.500. The number of nitrogens with zero attached hydrogens (tertiary/aromatic N) is 1. The van der Waals surface area contributed by atoms with Crippen molar-refractivity contribution in [2.24, 2.45) is 4.99 Å². The van der Waals surface area contributed by atoms with E-state index in [0.29, 0.717) is 25.7 Å². The normalized spacial score (nSPS) is 11.3. The zero-order valence-electron chi connectivity index (χ0n) is 12.2. The van der Waals surface area contributed by atoms with Gasteiger partial charge in [-0.25, -0.2) is 9.38 Å². The van der Waals surface area contributed by atoms with Crippen molar-refractivity contribution in [2.75, 3.05) is 33.9 Å². The fourth-order valence-electron chi connectivity index (χ4n) is 1.59. The Morgan fingerprint density at radius 2 is 2.10 bits per heavy atom. The summed E-state index contributed by atoms with van der Waals surface area (Å²) in [5, 5.41) is 6.24. The number of aliphatic imine (C=N–C) groups is 1. The van der Waals surface area contributed by atoms with Crippen molar-refractivity contribution in [2.45, 2.75) is 13.5 Å². The van der Waals surface area contributed by atoms with Crippen LogP contribution in [-0.4, -0.2) is 39.9 Å². The Kier molecular flexibility index (Phi) is 7.42. The zero-order chi connectivity index (χ0) is 14.8. The van der Waals surface area contributed by atoms with Crippen LogP contribution in [0.5, 0.6) is 5.75 Å². The monoisotopic (exact) mass is 283 g/mol. The van der Waals surface area contributed by atoms with E-state index in [1.54, 1.807) is 19.2 Å². The molecule has 0 atom stereocenters. The van der Waals surface area contributed by atoms with E-state index in [1.807, 2.05) is 6.92 Å². The smallest absolute Gasteiger partial charge is 0.191 e. The van der Waals surface area contributed by atoms with Gasteiger partial charge in [0.05, 0.1) is 20.3 Å². The maximum atomic E-state index is 13.6.